The minimum absolute atomic E-state index is 0.0970. The first-order chi connectivity index (χ1) is 13.6. The van der Waals surface area contributed by atoms with Gasteiger partial charge in [0.05, 0.1) is 39.6 Å². The maximum absolute atomic E-state index is 12.1. The Hall–Kier alpha value is -3.26. The van der Waals surface area contributed by atoms with Gasteiger partial charge in [0.15, 0.2) is 11.5 Å². The van der Waals surface area contributed by atoms with E-state index in [0.29, 0.717) is 29.5 Å². The highest BCUT2D eigenvalue weighted by Gasteiger charge is 2.13. The van der Waals surface area contributed by atoms with Crippen molar-refractivity contribution in [1.82, 2.24) is 4.98 Å². The Morgan fingerprint density at radius 2 is 1.79 bits per heavy atom. The Labute approximate surface area is 167 Å². The minimum atomic E-state index is -0.0970. The van der Waals surface area contributed by atoms with Gasteiger partial charge in [0.25, 0.3) is 0 Å². The summed E-state index contributed by atoms with van der Waals surface area (Å²) in [6.07, 6.45) is 1.98. The van der Waals surface area contributed by atoms with Crippen molar-refractivity contribution in [3.05, 3.63) is 52.9 Å². The first-order valence-electron chi connectivity index (χ1n) is 8.48. The van der Waals surface area contributed by atoms with Gasteiger partial charge in [-0.05, 0) is 23.6 Å². The van der Waals surface area contributed by atoms with Gasteiger partial charge in [-0.3, -0.25) is 4.79 Å². The van der Waals surface area contributed by atoms with E-state index in [-0.39, 0.29) is 5.91 Å². The molecular formula is C20H21N3O4S. The number of rotatable bonds is 8. The van der Waals surface area contributed by atoms with Crippen LogP contribution < -0.4 is 24.8 Å². The standard InChI is InChI=1S/C20H21N3O4S/c1-25-16-9-14(10-17(26-2)20(16)27-3)22-13-6-7-18(21-12-13)23-19(24)11-15-5-4-8-28-15/h4-10,12,22H,11H2,1-3H3,(H,21,23,24). The zero-order valence-corrected chi connectivity index (χ0v) is 16.6. The van der Waals surface area contributed by atoms with Crippen LogP contribution in [0.15, 0.2) is 48.0 Å². The Balaban J connectivity index is 1.68. The molecule has 0 saturated carbocycles. The van der Waals surface area contributed by atoms with E-state index in [1.54, 1.807) is 57.1 Å². The number of carbonyl (C=O) groups is 1. The van der Waals surface area contributed by atoms with E-state index in [1.165, 1.54) is 0 Å². The number of carbonyl (C=O) groups excluding carboxylic acids is 1. The summed E-state index contributed by atoms with van der Waals surface area (Å²) in [5.74, 6) is 2.03. The van der Waals surface area contributed by atoms with Crippen LogP contribution in [0.2, 0.25) is 0 Å². The number of nitrogens with zero attached hydrogens (tertiary/aromatic N) is 1. The predicted octanol–water partition coefficient (Wildman–Crippen LogP) is 4.09. The number of aromatic nitrogens is 1. The SMILES string of the molecule is COc1cc(Nc2ccc(NC(=O)Cc3cccs3)nc2)cc(OC)c1OC. The van der Waals surface area contributed by atoms with E-state index >= 15 is 0 Å². The summed E-state index contributed by atoms with van der Waals surface area (Å²) >= 11 is 1.55. The first-order valence-corrected chi connectivity index (χ1v) is 9.36. The number of amides is 1. The van der Waals surface area contributed by atoms with Crippen LogP contribution in [0.4, 0.5) is 17.2 Å². The molecule has 28 heavy (non-hydrogen) atoms. The molecule has 0 spiro atoms. The molecule has 0 aliphatic heterocycles. The van der Waals surface area contributed by atoms with Crippen molar-refractivity contribution in [1.29, 1.82) is 0 Å². The molecule has 0 atom stereocenters. The molecule has 2 N–H and O–H groups in total. The van der Waals surface area contributed by atoms with Crippen LogP contribution in [0, 0.1) is 0 Å². The summed E-state index contributed by atoms with van der Waals surface area (Å²) in [6.45, 7) is 0. The van der Waals surface area contributed by atoms with Gasteiger partial charge >= 0.3 is 0 Å². The van der Waals surface area contributed by atoms with Gasteiger partial charge in [0.2, 0.25) is 11.7 Å². The number of benzene rings is 1. The van der Waals surface area contributed by atoms with Crippen LogP contribution in [0.3, 0.4) is 0 Å². The summed E-state index contributed by atoms with van der Waals surface area (Å²) in [6, 6.07) is 11.0. The molecule has 0 bridgehead atoms. The second-order valence-electron chi connectivity index (χ2n) is 5.78. The Kier molecular flexibility index (Phi) is 6.33. The summed E-state index contributed by atoms with van der Waals surface area (Å²) in [5, 5.41) is 7.98. The molecule has 7 nitrogen and oxygen atoms in total. The molecule has 3 aromatic rings. The second-order valence-corrected chi connectivity index (χ2v) is 6.81. The van der Waals surface area contributed by atoms with Gasteiger partial charge in [0.1, 0.15) is 5.82 Å². The van der Waals surface area contributed by atoms with Crippen molar-refractivity contribution in [3.63, 3.8) is 0 Å². The van der Waals surface area contributed by atoms with Crippen molar-refractivity contribution in [2.45, 2.75) is 6.42 Å². The van der Waals surface area contributed by atoms with Crippen molar-refractivity contribution >= 4 is 34.4 Å². The zero-order valence-electron chi connectivity index (χ0n) is 15.8. The fourth-order valence-electron chi connectivity index (χ4n) is 2.62. The lowest BCUT2D eigenvalue weighted by Gasteiger charge is -2.15. The Morgan fingerprint density at radius 1 is 1.04 bits per heavy atom. The number of pyridine rings is 1. The number of ether oxygens (including phenoxy) is 3. The van der Waals surface area contributed by atoms with E-state index in [2.05, 4.69) is 15.6 Å². The molecule has 0 aliphatic rings. The topological polar surface area (TPSA) is 81.7 Å². The third-order valence-corrected chi connectivity index (χ3v) is 4.78. The summed E-state index contributed by atoms with van der Waals surface area (Å²) in [7, 11) is 4.69. The van der Waals surface area contributed by atoms with Crippen LogP contribution in [0.25, 0.3) is 0 Å². The van der Waals surface area contributed by atoms with Gasteiger partial charge in [-0.25, -0.2) is 4.98 Å². The van der Waals surface area contributed by atoms with Crippen molar-refractivity contribution in [2.24, 2.45) is 0 Å². The maximum Gasteiger partial charge on any atom is 0.230 e. The van der Waals surface area contributed by atoms with E-state index < -0.39 is 0 Å². The lowest BCUT2D eigenvalue weighted by molar-refractivity contribution is -0.115. The molecule has 0 fully saturated rings. The number of thiophene rings is 1. The highest BCUT2D eigenvalue weighted by molar-refractivity contribution is 7.10. The highest BCUT2D eigenvalue weighted by Crippen LogP contribution is 2.40. The van der Waals surface area contributed by atoms with Crippen LogP contribution in [0.1, 0.15) is 4.88 Å². The van der Waals surface area contributed by atoms with E-state index in [9.17, 15) is 4.79 Å². The lowest BCUT2D eigenvalue weighted by atomic mass is 10.2. The molecule has 2 aromatic heterocycles. The predicted molar refractivity (Wildman–Crippen MR) is 110 cm³/mol. The molecule has 146 valence electrons. The molecule has 0 radical (unpaired) electrons. The number of nitrogens with one attached hydrogen (secondary N) is 2. The van der Waals surface area contributed by atoms with Crippen molar-refractivity contribution in [3.8, 4) is 17.2 Å². The minimum Gasteiger partial charge on any atom is -0.493 e. The van der Waals surface area contributed by atoms with Crippen LogP contribution >= 0.6 is 11.3 Å². The molecule has 0 saturated heterocycles. The summed E-state index contributed by atoms with van der Waals surface area (Å²) in [4.78, 5) is 17.4. The quantitative estimate of drug-likeness (QED) is 0.594. The van der Waals surface area contributed by atoms with Gasteiger partial charge in [-0.15, -0.1) is 11.3 Å². The fraction of sp³-hybridized carbons (Fsp3) is 0.200. The van der Waals surface area contributed by atoms with Crippen molar-refractivity contribution < 1.29 is 19.0 Å². The zero-order chi connectivity index (χ0) is 19.9. The average Bonchev–Trinajstić information content (AvgIpc) is 3.21. The van der Waals surface area contributed by atoms with Gasteiger partial charge in [-0.1, -0.05) is 6.07 Å². The molecule has 0 aliphatic carbocycles. The maximum atomic E-state index is 12.1. The number of hydrogen-bond acceptors (Lipinski definition) is 7. The monoisotopic (exact) mass is 399 g/mol. The number of anilines is 3. The fourth-order valence-corrected chi connectivity index (χ4v) is 3.32. The largest absolute Gasteiger partial charge is 0.493 e. The number of methoxy groups -OCH3 is 3. The molecule has 1 aromatic carbocycles. The third kappa shape index (κ3) is 4.72. The highest BCUT2D eigenvalue weighted by atomic mass is 32.1. The lowest BCUT2D eigenvalue weighted by Crippen LogP contribution is -2.14. The second kappa shape index (κ2) is 9.09. The number of hydrogen-bond donors (Lipinski definition) is 2. The van der Waals surface area contributed by atoms with Crippen molar-refractivity contribution in [2.75, 3.05) is 32.0 Å². The normalized spacial score (nSPS) is 10.2. The van der Waals surface area contributed by atoms with Crippen LogP contribution in [0.5, 0.6) is 17.2 Å². The molecular weight excluding hydrogens is 378 g/mol. The molecule has 8 heteroatoms. The summed E-state index contributed by atoms with van der Waals surface area (Å²) in [5.41, 5.74) is 1.51. The molecule has 2 heterocycles. The Bertz CT molecular complexity index is 902. The average molecular weight is 399 g/mol. The smallest absolute Gasteiger partial charge is 0.230 e. The summed E-state index contributed by atoms with van der Waals surface area (Å²) < 4.78 is 16.0. The van der Waals surface area contributed by atoms with Gasteiger partial charge < -0.3 is 24.8 Å². The van der Waals surface area contributed by atoms with E-state index in [0.717, 1.165) is 16.3 Å². The van der Waals surface area contributed by atoms with E-state index in [1.807, 2.05) is 23.6 Å². The van der Waals surface area contributed by atoms with Crippen LogP contribution in [-0.4, -0.2) is 32.2 Å². The van der Waals surface area contributed by atoms with Gasteiger partial charge in [0, 0.05) is 22.7 Å². The van der Waals surface area contributed by atoms with Gasteiger partial charge in [-0.2, -0.15) is 0 Å². The molecule has 3 rings (SSSR count). The Morgan fingerprint density at radius 3 is 2.32 bits per heavy atom. The first kappa shape index (κ1) is 19.5. The van der Waals surface area contributed by atoms with E-state index in [4.69, 9.17) is 14.2 Å². The molecule has 1 amide bonds. The third-order valence-electron chi connectivity index (χ3n) is 3.90. The molecule has 0 unspecified atom stereocenters. The van der Waals surface area contributed by atoms with Crippen LogP contribution in [-0.2, 0) is 11.2 Å².